The zero-order valence-corrected chi connectivity index (χ0v) is 19.3. The number of amides is 1. The largest absolute Gasteiger partial charge is 0.457 e. The standard InChI is InChI=1S/C28H21N3O2S/c1-20-15-16-25-26(17-20)34-28(30-25)31(29-19-21-9-4-2-5-10-21)27(32)22-11-8-14-24(18-22)33-23-12-6-3-7-13-23/h2-19H,1H3/b29-19+. The summed E-state index contributed by atoms with van der Waals surface area (Å²) in [7, 11) is 0. The summed E-state index contributed by atoms with van der Waals surface area (Å²) in [4.78, 5) is 18.3. The summed E-state index contributed by atoms with van der Waals surface area (Å²) in [6.07, 6.45) is 1.67. The van der Waals surface area contributed by atoms with Crippen molar-refractivity contribution >= 4 is 38.8 Å². The third-order valence-electron chi connectivity index (χ3n) is 5.09. The first-order valence-corrected chi connectivity index (χ1v) is 11.6. The number of aromatic nitrogens is 1. The Morgan fingerprint density at radius 1 is 0.882 bits per heavy atom. The van der Waals surface area contributed by atoms with Crippen molar-refractivity contribution in [2.75, 3.05) is 5.01 Å². The maximum absolute atomic E-state index is 13.6. The van der Waals surface area contributed by atoms with Gasteiger partial charge in [-0.15, -0.1) is 0 Å². The van der Waals surface area contributed by atoms with Crippen molar-refractivity contribution in [2.45, 2.75) is 6.92 Å². The van der Waals surface area contributed by atoms with Crippen molar-refractivity contribution in [3.8, 4) is 11.5 Å². The second kappa shape index (κ2) is 9.68. The van der Waals surface area contributed by atoms with Crippen molar-refractivity contribution in [1.29, 1.82) is 0 Å². The number of aryl methyl sites for hydroxylation is 1. The van der Waals surface area contributed by atoms with Gasteiger partial charge in [0.1, 0.15) is 11.5 Å². The van der Waals surface area contributed by atoms with Crippen LogP contribution in [0.2, 0.25) is 0 Å². The number of anilines is 1. The van der Waals surface area contributed by atoms with Gasteiger partial charge in [0.2, 0.25) is 5.13 Å². The van der Waals surface area contributed by atoms with Crippen LogP contribution in [0.3, 0.4) is 0 Å². The normalized spacial score (nSPS) is 11.1. The van der Waals surface area contributed by atoms with Gasteiger partial charge in [0.05, 0.1) is 16.4 Å². The molecular formula is C28H21N3O2S. The van der Waals surface area contributed by atoms with E-state index in [0.29, 0.717) is 22.2 Å². The highest BCUT2D eigenvalue weighted by Crippen LogP contribution is 2.31. The van der Waals surface area contributed by atoms with Crippen LogP contribution in [0, 0.1) is 6.92 Å². The van der Waals surface area contributed by atoms with E-state index in [9.17, 15) is 4.79 Å². The Kier molecular flexibility index (Phi) is 6.14. The molecule has 0 saturated carbocycles. The molecule has 1 aromatic heterocycles. The van der Waals surface area contributed by atoms with Crippen LogP contribution in [0.25, 0.3) is 10.2 Å². The number of fused-ring (bicyclic) bond motifs is 1. The van der Waals surface area contributed by atoms with Gasteiger partial charge in [0, 0.05) is 5.56 Å². The van der Waals surface area contributed by atoms with Gasteiger partial charge in [-0.1, -0.05) is 72.0 Å². The average Bonchev–Trinajstić information content (AvgIpc) is 3.28. The molecule has 5 aromatic rings. The lowest BCUT2D eigenvalue weighted by molar-refractivity contribution is 0.0987. The molecule has 0 unspecified atom stereocenters. The Hall–Kier alpha value is -4.29. The van der Waals surface area contributed by atoms with Crippen molar-refractivity contribution in [3.63, 3.8) is 0 Å². The van der Waals surface area contributed by atoms with E-state index in [1.807, 2.05) is 85.8 Å². The van der Waals surface area contributed by atoms with Crippen LogP contribution < -0.4 is 9.75 Å². The number of hydrazone groups is 1. The average molecular weight is 464 g/mol. The molecule has 0 saturated heterocycles. The van der Waals surface area contributed by atoms with Crippen LogP contribution >= 0.6 is 11.3 Å². The topological polar surface area (TPSA) is 54.8 Å². The number of para-hydroxylation sites is 1. The second-order valence-electron chi connectivity index (χ2n) is 7.68. The highest BCUT2D eigenvalue weighted by molar-refractivity contribution is 7.22. The second-order valence-corrected chi connectivity index (χ2v) is 8.69. The fourth-order valence-corrected chi connectivity index (χ4v) is 4.42. The molecular weight excluding hydrogens is 442 g/mol. The SMILES string of the molecule is Cc1ccc2nc(N(/N=C/c3ccccc3)C(=O)c3cccc(Oc4ccccc4)c3)sc2c1. The lowest BCUT2D eigenvalue weighted by Gasteiger charge is -2.14. The first kappa shape index (κ1) is 21.6. The van der Waals surface area contributed by atoms with Gasteiger partial charge >= 0.3 is 0 Å². The Morgan fingerprint density at radius 2 is 1.62 bits per heavy atom. The van der Waals surface area contributed by atoms with Crippen molar-refractivity contribution < 1.29 is 9.53 Å². The van der Waals surface area contributed by atoms with E-state index in [-0.39, 0.29) is 5.91 Å². The van der Waals surface area contributed by atoms with Crippen LogP contribution in [-0.4, -0.2) is 17.1 Å². The van der Waals surface area contributed by atoms with Gasteiger partial charge in [0.25, 0.3) is 5.91 Å². The van der Waals surface area contributed by atoms with Crippen LogP contribution in [0.4, 0.5) is 5.13 Å². The number of benzene rings is 4. The fourth-order valence-electron chi connectivity index (χ4n) is 3.40. The molecule has 0 aliphatic heterocycles. The van der Waals surface area contributed by atoms with Crippen LogP contribution in [0.15, 0.2) is 108 Å². The van der Waals surface area contributed by atoms with Gasteiger partial charge in [-0.25, -0.2) is 4.98 Å². The Labute approximate surface area is 201 Å². The first-order chi connectivity index (χ1) is 16.7. The van der Waals surface area contributed by atoms with E-state index in [4.69, 9.17) is 4.74 Å². The summed E-state index contributed by atoms with van der Waals surface area (Å²) >= 11 is 1.43. The van der Waals surface area contributed by atoms with E-state index >= 15 is 0 Å². The van der Waals surface area contributed by atoms with Crippen LogP contribution in [0.1, 0.15) is 21.5 Å². The first-order valence-electron chi connectivity index (χ1n) is 10.8. The van der Waals surface area contributed by atoms with E-state index in [1.165, 1.54) is 16.3 Å². The molecule has 5 nitrogen and oxygen atoms in total. The number of rotatable bonds is 6. The lowest BCUT2D eigenvalue weighted by atomic mass is 10.2. The molecule has 4 aromatic carbocycles. The minimum Gasteiger partial charge on any atom is -0.457 e. The summed E-state index contributed by atoms with van der Waals surface area (Å²) in [5.41, 5.74) is 3.31. The minimum absolute atomic E-state index is 0.290. The quantitative estimate of drug-likeness (QED) is 0.200. The molecule has 6 heteroatoms. The summed E-state index contributed by atoms with van der Waals surface area (Å²) in [6, 6.07) is 32.3. The van der Waals surface area contributed by atoms with Crippen molar-refractivity contribution in [3.05, 3.63) is 120 Å². The Bertz CT molecular complexity index is 1460. The highest BCUT2D eigenvalue weighted by Gasteiger charge is 2.21. The van der Waals surface area contributed by atoms with Gasteiger partial charge in [-0.05, 0) is 60.5 Å². The maximum Gasteiger partial charge on any atom is 0.280 e. The molecule has 5 rings (SSSR count). The molecule has 0 N–H and O–H groups in total. The fraction of sp³-hybridized carbons (Fsp3) is 0.0357. The number of carbonyl (C=O) groups is 1. The molecule has 166 valence electrons. The molecule has 0 atom stereocenters. The summed E-state index contributed by atoms with van der Waals surface area (Å²) in [5.74, 6) is 0.984. The summed E-state index contributed by atoms with van der Waals surface area (Å²) in [5, 5.41) is 6.40. The van der Waals surface area contributed by atoms with Gasteiger partial charge < -0.3 is 4.74 Å². The molecule has 34 heavy (non-hydrogen) atoms. The molecule has 0 spiro atoms. The Morgan fingerprint density at radius 3 is 2.41 bits per heavy atom. The van der Waals surface area contributed by atoms with E-state index < -0.39 is 0 Å². The monoisotopic (exact) mass is 463 g/mol. The number of hydrogen-bond acceptors (Lipinski definition) is 5. The summed E-state index contributed by atoms with van der Waals surface area (Å²) in [6.45, 7) is 2.04. The number of hydrogen-bond donors (Lipinski definition) is 0. The number of nitrogens with zero attached hydrogens (tertiary/aromatic N) is 3. The molecule has 0 aliphatic carbocycles. The maximum atomic E-state index is 13.6. The highest BCUT2D eigenvalue weighted by atomic mass is 32.1. The van der Waals surface area contributed by atoms with E-state index in [1.54, 1.807) is 24.4 Å². The van der Waals surface area contributed by atoms with Crippen molar-refractivity contribution in [2.24, 2.45) is 5.10 Å². The Balaban J connectivity index is 1.51. The predicted octanol–water partition coefficient (Wildman–Crippen LogP) is 7.08. The van der Waals surface area contributed by atoms with Crippen molar-refractivity contribution in [1.82, 2.24) is 4.98 Å². The van der Waals surface area contributed by atoms with Crippen LogP contribution in [-0.2, 0) is 0 Å². The van der Waals surface area contributed by atoms with E-state index in [0.717, 1.165) is 21.3 Å². The third-order valence-corrected chi connectivity index (χ3v) is 6.08. The van der Waals surface area contributed by atoms with Gasteiger partial charge in [-0.2, -0.15) is 10.1 Å². The van der Waals surface area contributed by atoms with Gasteiger partial charge in [0.15, 0.2) is 0 Å². The molecule has 0 radical (unpaired) electrons. The summed E-state index contributed by atoms with van der Waals surface area (Å²) < 4.78 is 6.93. The predicted molar refractivity (Wildman–Crippen MR) is 138 cm³/mol. The molecule has 0 bridgehead atoms. The number of thiazole rings is 1. The zero-order valence-electron chi connectivity index (χ0n) is 18.5. The smallest absolute Gasteiger partial charge is 0.280 e. The lowest BCUT2D eigenvalue weighted by Crippen LogP contribution is -2.25. The third kappa shape index (κ3) is 4.87. The molecule has 1 heterocycles. The molecule has 1 amide bonds. The number of ether oxygens (including phenoxy) is 1. The van der Waals surface area contributed by atoms with Gasteiger partial charge in [-0.3, -0.25) is 4.79 Å². The number of carbonyl (C=O) groups excluding carboxylic acids is 1. The zero-order chi connectivity index (χ0) is 23.3. The minimum atomic E-state index is -0.290. The van der Waals surface area contributed by atoms with E-state index in [2.05, 4.69) is 16.2 Å². The van der Waals surface area contributed by atoms with Crippen LogP contribution in [0.5, 0.6) is 11.5 Å². The molecule has 0 fully saturated rings. The molecule has 0 aliphatic rings.